The maximum absolute atomic E-state index is 13.6. The van der Waals surface area contributed by atoms with E-state index in [1.165, 1.54) is 11.8 Å². The number of aromatic nitrogens is 1. The number of para-hydroxylation sites is 1. The molecule has 4 N–H and O–H groups in total. The topological polar surface area (TPSA) is 103 Å². The Morgan fingerprint density at radius 2 is 1.56 bits per heavy atom. The van der Waals surface area contributed by atoms with Crippen LogP contribution >= 0.6 is 11.8 Å². The van der Waals surface area contributed by atoms with E-state index in [1.807, 2.05) is 86.6 Å². The highest BCUT2D eigenvalue weighted by atomic mass is 32.2. The number of hydrogen-bond acceptors (Lipinski definition) is 4. The SMILES string of the molecule is CCC(Sc1cccc(NC(=O)/C(=C/c2c[nH]c3ccccc23)NC(=O)c2ccccc2)c1)C(=O)Nc1cccc(C)c1. The van der Waals surface area contributed by atoms with Crippen LogP contribution in [-0.2, 0) is 9.59 Å². The first-order chi connectivity index (χ1) is 20.9. The molecule has 5 rings (SSSR count). The Labute approximate surface area is 254 Å². The highest BCUT2D eigenvalue weighted by molar-refractivity contribution is 8.00. The monoisotopic (exact) mass is 588 g/mol. The molecule has 216 valence electrons. The zero-order valence-electron chi connectivity index (χ0n) is 23.9. The lowest BCUT2D eigenvalue weighted by Gasteiger charge is -2.16. The zero-order chi connectivity index (χ0) is 30.2. The lowest BCUT2D eigenvalue weighted by molar-refractivity contribution is -0.116. The number of thioether (sulfide) groups is 1. The van der Waals surface area contributed by atoms with Crippen molar-refractivity contribution < 1.29 is 14.4 Å². The van der Waals surface area contributed by atoms with Crippen LogP contribution in [0.25, 0.3) is 17.0 Å². The fraction of sp³-hybridized carbons (Fsp3) is 0.114. The van der Waals surface area contributed by atoms with Crippen LogP contribution in [0.2, 0.25) is 0 Å². The highest BCUT2D eigenvalue weighted by Crippen LogP contribution is 2.29. The Morgan fingerprint density at radius 1 is 0.837 bits per heavy atom. The number of aromatic amines is 1. The molecule has 0 spiro atoms. The van der Waals surface area contributed by atoms with Crippen molar-refractivity contribution in [3.8, 4) is 0 Å². The average Bonchev–Trinajstić information content (AvgIpc) is 3.42. The second-order valence-electron chi connectivity index (χ2n) is 10.0. The molecule has 4 aromatic carbocycles. The van der Waals surface area contributed by atoms with E-state index in [-0.39, 0.29) is 16.9 Å². The maximum Gasteiger partial charge on any atom is 0.272 e. The molecule has 5 aromatic rings. The molecule has 7 nitrogen and oxygen atoms in total. The number of carbonyl (C=O) groups excluding carboxylic acids is 3. The molecule has 0 saturated carbocycles. The van der Waals surface area contributed by atoms with Crippen LogP contribution in [-0.4, -0.2) is 28.0 Å². The fourth-order valence-electron chi connectivity index (χ4n) is 4.59. The van der Waals surface area contributed by atoms with Crippen LogP contribution in [0.3, 0.4) is 0 Å². The van der Waals surface area contributed by atoms with E-state index in [0.29, 0.717) is 17.7 Å². The molecule has 8 heteroatoms. The summed E-state index contributed by atoms with van der Waals surface area (Å²) >= 11 is 1.43. The van der Waals surface area contributed by atoms with E-state index in [2.05, 4.69) is 20.9 Å². The molecule has 1 unspecified atom stereocenters. The van der Waals surface area contributed by atoms with Crippen molar-refractivity contribution in [1.82, 2.24) is 10.3 Å². The number of carbonyl (C=O) groups is 3. The number of amides is 3. The van der Waals surface area contributed by atoms with Crippen LogP contribution in [0.1, 0.15) is 34.8 Å². The Balaban J connectivity index is 1.35. The summed E-state index contributed by atoms with van der Waals surface area (Å²) in [5, 5.41) is 9.31. The summed E-state index contributed by atoms with van der Waals surface area (Å²) in [7, 11) is 0. The number of fused-ring (bicyclic) bond motifs is 1. The van der Waals surface area contributed by atoms with E-state index in [1.54, 1.807) is 42.6 Å². The molecule has 43 heavy (non-hydrogen) atoms. The third-order valence-electron chi connectivity index (χ3n) is 6.77. The first-order valence-corrected chi connectivity index (χ1v) is 14.9. The molecule has 0 radical (unpaired) electrons. The van der Waals surface area contributed by atoms with Gasteiger partial charge in [0.15, 0.2) is 0 Å². The van der Waals surface area contributed by atoms with Crippen LogP contribution in [0.4, 0.5) is 11.4 Å². The van der Waals surface area contributed by atoms with Gasteiger partial charge in [-0.15, -0.1) is 11.8 Å². The van der Waals surface area contributed by atoms with Crippen molar-refractivity contribution in [3.05, 3.63) is 132 Å². The summed E-state index contributed by atoms with van der Waals surface area (Å²) < 4.78 is 0. The number of aryl methyl sites for hydroxylation is 1. The van der Waals surface area contributed by atoms with Gasteiger partial charge in [0.05, 0.1) is 5.25 Å². The third kappa shape index (κ3) is 7.61. The minimum atomic E-state index is -0.471. The van der Waals surface area contributed by atoms with E-state index < -0.39 is 11.8 Å². The molecular formula is C35H32N4O3S. The predicted octanol–water partition coefficient (Wildman–Crippen LogP) is 7.40. The van der Waals surface area contributed by atoms with Gasteiger partial charge in [0.25, 0.3) is 11.8 Å². The Kier molecular flexibility index (Phi) is 9.39. The quantitative estimate of drug-likeness (QED) is 0.101. The zero-order valence-corrected chi connectivity index (χ0v) is 24.7. The first kappa shape index (κ1) is 29.4. The van der Waals surface area contributed by atoms with Crippen molar-refractivity contribution in [1.29, 1.82) is 0 Å². The number of benzene rings is 4. The number of hydrogen-bond donors (Lipinski definition) is 4. The van der Waals surface area contributed by atoms with Gasteiger partial charge in [-0.3, -0.25) is 14.4 Å². The van der Waals surface area contributed by atoms with Crippen molar-refractivity contribution in [2.45, 2.75) is 30.4 Å². The molecule has 0 bridgehead atoms. The summed E-state index contributed by atoms with van der Waals surface area (Å²) in [6.07, 6.45) is 4.09. The standard InChI is InChI=1S/C35H32N4O3S/c1-3-32(35(42)38-26-14-9-11-23(2)19-26)43-28-16-10-15-27(21-28)37-34(41)31(39-33(40)24-12-5-4-6-13-24)20-25-22-36-30-18-8-7-17-29(25)30/h4-22,32,36H,3H2,1-2H3,(H,37,41)(H,38,42)(H,39,40)/b31-20-. The van der Waals surface area contributed by atoms with Gasteiger partial charge in [0.2, 0.25) is 5.91 Å². The first-order valence-electron chi connectivity index (χ1n) is 14.0. The van der Waals surface area contributed by atoms with Crippen molar-refractivity contribution >= 4 is 57.8 Å². The molecule has 0 aliphatic carbocycles. The van der Waals surface area contributed by atoms with Crippen LogP contribution in [0.15, 0.2) is 120 Å². The summed E-state index contributed by atoms with van der Waals surface area (Å²) in [6, 6.07) is 31.5. The third-order valence-corrected chi connectivity index (χ3v) is 8.13. The molecule has 0 saturated heterocycles. The van der Waals surface area contributed by atoms with Gasteiger partial charge in [0, 0.05) is 44.5 Å². The molecule has 0 aliphatic heterocycles. The van der Waals surface area contributed by atoms with E-state index >= 15 is 0 Å². The average molecular weight is 589 g/mol. The van der Waals surface area contributed by atoms with Gasteiger partial charge in [-0.05, 0) is 73.5 Å². The largest absolute Gasteiger partial charge is 0.361 e. The normalized spacial score (nSPS) is 12.0. The van der Waals surface area contributed by atoms with Crippen LogP contribution < -0.4 is 16.0 Å². The fourth-order valence-corrected chi connectivity index (χ4v) is 5.60. The Bertz CT molecular complexity index is 1800. The van der Waals surface area contributed by atoms with Gasteiger partial charge in [-0.2, -0.15) is 0 Å². The summed E-state index contributed by atoms with van der Waals surface area (Å²) in [4.78, 5) is 43.7. The molecule has 0 aliphatic rings. The minimum Gasteiger partial charge on any atom is -0.361 e. The molecule has 1 atom stereocenters. The maximum atomic E-state index is 13.6. The Hall–Kier alpha value is -5.08. The number of nitrogens with one attached hydrogen (secondary N) is 4. The molecule has 1 aromatic heterocycles. The van der Waals surface area contributed by atoms with Crippen molar-refractivity contribution in [3.63, 3.8) is 0 Å². The second kappa shape index (κ2) is 13.7. The molecule has 3 amide bonds. The number of H-pyrrole nitrogens is 1. The summed E-state index contributed by atoms with van der Waals surface area (Å²) in [5.74, 6) is -0.947. The lowest BCUT2D eigenvalue weighted by atomic mass is 10.1. The summed E-state index contributed by atoms with van der Waals surface area (Å²) in [5.41, 5.74) is 4.60. The lowest BCUT2D eigenvalue weighted by Crippen LogP contribution is -2.30. The van der Waals surface area contributed by atoms with E-state index in [0.717, 1.165) is 32.6 Å². The van der Waals surface area contributed by atoms with Gasteiger partial charge in [-0.1, -0.05) is 61.5 Å². The second-order valence-corrected chi connectivity index (χ2v) is 11.3. The highest BCUT2D eigenvalue weighted by Gasteiger charge is 2.20. The molecular weight excluding hydrogens is 556 g/mol. The van der Waals surface area contributed by atoms with E-state index in [4.69, 9.17) is 0 Å². The van der Waals surface area contributed by atoms with Gasteiger partial charge in [-0.25, -0.2) is 0 Å². The predicted molar refractivity (Wildman–Crippen MR) is 175 cm³/mol. The molecule has 0 fully saturated rings. The number of anilines is 2. The number of rotatable bonds is 10. The van der Waals surface area contributed by atoms with Gasteiger partial charge >= 0.3 is 0 Å². The minimum absolute atomic E-state index is 0.0832. The van der Waals surface area contributed by atoms with E-state index in [9.17, 15) is 14.4 Å². The van der Waals surface area contributed by atoms with Gasteiger partial charge in [0.1, 0.15) is 5.70 Å². The smallest absolute Gasteiger partial charge is 0.272 e. The van der Waals surface area contributed by atoms with Crippen LogP contribution in [0.5, 0.6) is 0 Å². The Morgan fingerprint density at radius 3 is 2.33 bits per heavy atom. The van der Waals surface area contributed by atoms with Crippen molar-refractivity contribution in [2.24, 2.45) is 0 Å². The van der Waals surface area contributed by atoms with Gasteiger partial charge < -0.3 is 20.9 Å². The van der Waals surface area contributed by atoms with Crippen LogP contribution in [0, 0.1) is 6.92 Å². The van der Waals surface area contributed by atoms with Crippen molar-refractivity contribution in [2.75, 3.05) is 10.6 Å². The summed E-state index contributed by atoms with van der Waals surface area (Å²) in [6.45, 7) is 3.95. The molecule has 1 heterocycles.